The molecule has 1 N–H and O–H groups in total. The first-order valence-electron chi connectivity index (χ1n) is 6.23. The Bertz CT molecular complexity index is 614. The smallest absolute Gasteiger partial charge is 0.271 e. The quantitative estimate of drug-likeness (QED) is 0.694. The Morgan fingerprint density at radius 3 is 2.50 bits per heavy atom. The number of hydrogen-bond acceptors (Lipinski definition) is 4. The lowest BCUT2D eigenvalue weighted by molar-refractivity contribution is 0.0955. The first kappa shape index (κ1) is 14.3. The van der Waals surface area contributed by atoms with Gasteiger partial charge in [-0.15, -0.1) is 11.3 Å². The van der Waals surface area contributed by atoms with Crippen LogP contribution >= 0.6 is 11.3 Å². The van der Waals surface area contributed by atoms with E-state index >= 15 is 0 Å². The summed E-state index contributed by atoms with van der Waals surface area (Å²) in [5.74, 6) is -0.208. The predicted molar refractivity (Wildman–Crippen MR) is 84.9 cm³/mol. The number of nitrogens with zero attached hydrogens (tertiary/aromatic N) is 2. The number of benzene rings is 1. The van der Waals surface area contributed by atoms with Crippen LogP contribution in [-0.4, -0.2) is 26.2 Å². The summed E-state index contributed by atoms with van der Waals surface area (Å²) >= 11 is 1.60. The Balaban J connectivity index is 1.98. The Morgan fingerprint density at radius 2 is 1.95 bits per heavy atom. The van der Waals surface area contributed by atoms with Crippen molar-refractivity contribution >= 4 is 29.1 Å². The molecule has 0 aliphatic heterocycles. The Morgan fingerprint density at radius 1 is 1.25 bits per heavy atom. The van der Waals surface area contributed by atoms with E-state index in [-0.39, 0.29) is 5.91 Å². The molecule has 0 fully saturated rings. The maximum atomic E-state index is 11.9. The van der Waals surface area contributed by atoms with E-state index in [4.69, 9.17) is 0 Å². The third-order valence-electron chi connectivity index (χ3n) is 2.90. The van der Waals surface area contributed by atoms with E-state index < -0.39 is 0 Å². The Hall–Kier alpha value is -2.14. The zero-order valence-electron chi connectivity index (χ0n) is 11.8. The minimum Gasteiger partial charge on any atom is -0.378 e. The topological polar surface area (TPSA) is 44.7 Å². The highest BCUT2D eigenvalue weighted by atomic mass is 32.1. The van der Waals surface area contributed by atoms with Crippen LogP contribution in [-0.2, 0) is 0 Å². The van der Waals surface area contributed by atoms with Gasteiger partial charge in [0.15, 0.2) is 0 Å². The van der Waals surface area contributed by atoms with Crippen molar-refractivity contribution in [1.29, 1.82) is 0 Å². The molecule has 1 aromatic heterocycles. The van der Waals surface area contributed by atoms with Crippen LogP contribution in [0.15, 0.2) is 40.8 Å². The monoisotopic (exact) mass is 287 g/mol. The molecule has 20 heavy (non-hydrogen) atoms. The average Bonchev–Trinajstić information content (AvgIpc) is 2.84. The van der Waals surface area contributed by atoms with Crippen LogP contribution in [0.4, 0.5) is 5.69 Å². The second kappa shape index (κ2) is 6.34. The molecule has 4 nitrogen and oxygen atoms in total. The van der Waals surface area contributed by atoms with E-state index in [2.05, 4.69) is 10.5 Å². The third-order valence-corrected chi connectivity index (χ3v) is 3.85. The van der Waals surface area contributed by atoms with Gasteiger partial charge in [0.25, 0.3) is 5.91 Å². The number of carbonyl (C=O) groups is 1. The van der Waals surface area contributed by atoms with Gasteiger partial charge in [0, 0.05) is 30.2 Å². The van der Waals surface area contributed by atoms with Crippen LogP contribution in [0.25, 0.3) is 0 Å². The van der Waals surface area contributed by atoms with Gasteiger partial charge < -0.3 is 4.90 Å². The van der Waals surface area contributed by atoms with Crippen molar-refractivity contribution in [2.24, 2.45) is 5.10 Å². The van der Waals surface area contributed by atoms with Crippen LogP contribution in [0.3, 0.4) is 0 Å². The second-order valence-corrected chi connectivity index (χ2v) is 5.56. The molecule has 0 saturated heterocycles. The Kier molecular flexibility index (Phi) is 4.53. The highest BCUT2D eigenvalue weighted by molar-refractivity contribution is 7.11. The van der Waals surface area contributed by atoms with E-state index in [1.54, 1.807) is 29.7 Å². The van der Waals surface area contributed by atoms with E-state index in [1.807, 2.05) is 49.5 Å². The second-order valence-electron chi connectivity index (χ2n) is 4.61. The number of aryl methyl sites for hydroxylation is 1. The number of carbonyl (C=O) groups excluding carboxylic acids is 1. The van der Waals surface area contributed by atoms with Crippen molar-refractivity contribution in [2.75, 3.05) is 19.0 Å². The molecule has 0 radical (unpaired) electrons. The lowest BCUT2D eigenvalue weighted by atomic mass is 10.2. The average molecular weight is 287 g/mol. The van der Waals surface area contributed by atoms with Gasteiger partial charge in [0.05, 0.1) is 6.21 Å². The molecular weight excluding hydrogens is 270 g/mol. The molecule has 1 aromatic carbocycles. The summed E-state index contributed by atoms with van der Waals surface area (Å²) in [6.45, 7) is 2.01. The molecule has 0 saturated carbocycles. The standard InChI is InChI=1S/C15H17N3OS/c1-11-8-9-20-14(11)10-16-17-15(19)12-4-6-13(7-5-12)18(2)3/h4-10H,1-3H3,(H,17,19). The van der Waals surface area contributed by atoms with Crippen molar-refractivity contribution in [3.8, 4) is 0 Å². The van der Waals surface area contributed by atoms with Crippen LogP contribution in [0.2, 0.25) is 0 Å². The molecule has 1 heterocycles. The number of nitrogens with one attached hydrogen (secondary N) is 1. The zero-order chi connectivity index (χ0) is 14.5. The van der Waals surface area contributed by atoms with Gasteiger partial charge in [-0.25, -0.2) is 5.43 Å². The van der Waals surface area contributed by atoms with E-state index in [0.717, 1.165) is 16.1 Å². The molecule has 0 aliphatic rings. The summed E-state index contributed by atoms with van der Waals surface area (Å²) in [5, 5.41) is 5.98. The molecule has 0 spiro atoms. The van der Waals surface area contributed by atoms with E-state index in [0.29, 0.717) is 5.56 Å². The molecule has 2 rings (SSSR count). The van der Waals surface area contributed by atoms with E-state index in [9.17, 15) is 4.79 Å². The van der Waals surface area contributed by atoms with Crippen LogP contribution in [0, 0.1) is 6.92 Å². The molecule has 0 atom stereocenters. The number of hydrazone groups is 1. The molecule has 0 unspecified atom stereocenters. The summed E-state index contributed by atoms with van der Waals surface area (Å²) in [7, 11) is 3.92. The maximum absolute atomic E-state index is 11.9. The highest BCUT2D eigenvalue weighted by Gasteiger charge is 2.04. The van der Waals surface area contributed by atoms with Crippen LogP contribution < -0.4 is 10.3 Å². The number of hydrogen-bond donors (Lipinski definition) is 1. The first-order valence-corrected chi connectivity index (χ1v) is 7.11. The van der Waals surface area contributed by atoms with Crippen molar-refractivity contribution in [3.63, 3.8) is 0 Å². The molecule has 104 valence electrons. The van der Waals surface area contributed by atoms with Crippen LogP contribution in [0.5, 0.6) is 0 Å². The summed E-state index contributed by atoms with van der Waals surface area (Å²) in [4.78, 5) is 14.9. The molecule has 5 heteroatoms. The SMILES string of the molecule is Cc1ccsc1C=NNC(=O)c1ccc(N(C)C)cc1. The van der Waals surface area contributed by atoms with Gasteiger partial charge in [0.1, 0.15) is 0 Å². The molecule has 0 aliphatic carbocycles. The van der Waals surface area contributed by atoms with Gasteiger partial charge in [-0.05, 0) is 48.2 Å². The minimum absolute atomic E-state index is 0.208. The summed E-state index contributed by atoms with van der Waals surface area (Å²) in [6.07, 6.45) is 1.67. The molecular formula is C15H17N3OS. The number of thiophene rings is 1. The largest absolute Gasteiger partial charge is 0.378 e. The Labute approximate surface area is 122 Å². The summed E-state index contributed by atoms with van der Waals surface area (Å²) in [6, 6.07) is 9.41. The van der Waals surface area contributed by atoms with Gasteiger partial charge in [-0.1, -0.05) is 0 Å². The summed E-state index contributed by atoms with van der Waals surface area (Å²) < 4.78 is 0. The third kappa shape index (κ3) is 3.45. The molecule has 0 bridgehead atoms. The van der Waals surface area contributed by atoms with Gasteiger partial charge >= 0.3 is 0 Å². The van der Waals surface area contributed by atoms with Crippen molar-refractivity contribution in [3.05, 3.63) is 51.7 Å². The van der Waals surface area contributed by atoms with E-state index in [1.165, 1.54) is 0 Å². The summed E-state index contributed by atoms with van der Waals surface area (Å²) in [5.41, 5.74) is 5.34. The fraction of sp³-hybridized carbons (Fsp3) is 0.200. The first-order chi connectivity index (χ1) is 9.58. The predicted octanol–water partition coefficient (Wildman–Crippen LogP) is 2.89. The van der Waals surface area contributed by atoms with Crippen molar-refractivity contribution in [1.82, 2.24) is 5.43 Å². The minimum atomic E-state index is -0.208. The fourth-order valence-electron chi connectivity index (χ4n) is 1.64. The highest BCUT2D eigenvalue weighted by Crippen LogP contribution is 2.13. The lowest BCUT2D eigenvalue weighted by Crippen LogP contribution is -2.17. The van der Waals surface area contributed by atoms with Gasteiger partial charge in [-0.3, -0.25) is 4.79 Å². The van der Waals surface area contributed by atoms with Crippen molar-refractivity contribution < 1.29 is 4.79 Å². The lowest BCUT2D eigenvalue weighted by Gasteiger charge is -2.12. The number of anilines is 1. The maximum Gasteiger partial charge on any atom is 0.271 e. The normalized spacial score (nSPS) is 10.8. The van der Waals surface area contributed by atoms with Crippen molar-refractivity contribution in [2.45, 2.75) is 6.92 Å². The van der Waals surface area contributed by atoms with Gasteiger partial charge in [-0.2, -0.15) is 5.10 Å². The van der Waals surface area contributed by atoms with Crippen LogP contribution in [0.1, 0.15) is 20.8 Å². The van der Waals surface area contributed by atoms with Gasteiger partial charge in [0.2, 0.25) is 0 Å². The number of rotatable bonds is 4. The fourth-order valence-corrected chi connectivity index (χ4v) is 2.43. The molecule has 1 amide bonds. The number of amides is 1. The molecule has 2 aromatic rings. The zero-order valence-corrected chi connectivity index (χ0v) is 12.6.